The molecule has 0 atom stereocenters. The molecule has 0 spiro atoms. The fourth-order valence-corrected chi connectivity index (χ4v) is 2.89. The van der Waals surface area contributed by atoms with E-state index in [0.29, 0.717) is 17.1 Å². The first-order valence-electron chi connectivity index (χ1n) is 8.69. The summed E-state index contributed by atoms with van der Waals surface area (Å²) in [6.45, 7) is 0.309. The number of aromatic hydroxyl groups is 1. The molecule has 9 nitrogen and oxygen atoms in total. The lowest BCUT2D eigenvalue weighted by atomic mass is 10.1. The Hall–Kier alpha value is -3.88. The number of methoxy groups -OCH3 is 2. The lowest BCUT2D eigenvalue weighted by Gasteiger charge is -2.24. The van der Waals surface area contributed by atoms with E-state index in [1.54, 1.807) is 36.7 Å². The third-order valence-corrected chi connectivity index (χ3v) is 4.26. The third kappa shape index (κ3) is 4.34. The lowest BCUT2D eigenvalue weighted by Crippen LogP contribution is -2.32. The number of hydrogen-bond acceptors (Lipinski definition) is 7. The molecule has 9 heteroatoms. The van der Waals surface area contributed by atoms with Gasteiger partial charge in [0.2, 0.25) is 5.75 Å². The van der Waals surface area contributed by atoms with Crippen LogP contribution in [0.1, 0.15) is 21.6 Å². The number of aromatic amines is 1. The quantitative estimate of drug-likeness (QED) is 0.624. The van der Waals surface area contributed by atoms with Crippen LogP contribution in [0, 0.1) is 0 Å². The normalized spacial score (nSPS) is 10.4. The molecule has 0 saturated carbocycles. The largest absolute Gasteiger partial charge is 0.501 e. The summed E-state index contributed by atoms with van der Waals surface area (Å²) in [7, 11) is 3.04. The van der Waals surface area contributed by atoms with E-state index in [2.05, 4.69) is 15.0 Å². The van der Waals surface area contributed by atoms with E-state index in [0.717, 1.165) is 11.9 Å². The van der Waals surface area contributed by atoms with Crippen molar-refractivity contribution in [3.63, 3.8) is 0 Å². The Morgan fingerprint density at radius 2 is 2.00 bits per heavy atom. The van der Waals surface area contributed by atoms with Gasteiger partial charge in [-0.25, -0.2) is 4.98 Å². The van der Waals surface area contributed by atoms with Crippen molar-refractivity contribution < 1.29 is 19.4 Å². The first-order chi connectivity index (χ1) is 14.0. The van der Waals surface area contributed by atoms with Crippen LogP contribution in [0.4, 0.5) is 0 Å². The maximum Gasteiger partial charge on any atom is 0.293 e. The molecule has 29 heavy (non-hydrogen) atoms. The number of amides is 1. The van der Waals surface area contributed by atoms with Crippen LogP contribution in [-0.4, -0.2) is 45.1 Å². The molecule has 0 unspecified atom stereocenters. The first-order valence-corrected chi connectivity index (χ1v) is 8.69. The Balaban J connectivity index is 2.01. The molecule has 0 saturated heterocycles. The van der Waals surface area contributed by atoms with Gasteiger partial charge in [-0.05, 0) is 17.7 Å². The standard InChI is InChI=1S/C20H20N4O5/c1-28-15-7-3-6-14(18(15)29-2)11-24(10-13-5-4-8-21-9-13)20(27)16-17(25)19(26)23-12-22-16/h3-9,12,25H,10-11H2,1-2H3,(H,22,23,26). The Morgan fingerprint density at radius 3 is 2.69 bits per heavy atom. The molecular formula is C20H20N4O5. The van der Waals surface area contributed by atoms with Gasteiger partial charge in [-0.15, -0.1) is 0 Å². The van der Waals surface area contributed by atoms with Crippen LogP contribution in [0.15, 0.2) is 53.8 Å². The van der Waals surface area contributed by atoms with Crippen LogP contribution in [0.3, 0.4) is 0 Å². The van der Waals surface area contributed by atoms with Gasteiger partial charge >= 0.3 is 0 Å². The van der Waals surface area contributed by atoms with Gasteiger partial charge in [-0.2, -0.15) is 0 Å². The van der Waals surface area contributed by atoms with Crippen LogP contribution in [0.25, 0.3) is 0 Å². The monoisotopic (exact) mass is 396 g/mol. The molecule has 0 aliphatic carbocycles. The van der Waals surface area contributed by atoms with Gasteiger partial charge in [0.15, 0.2) is 17.2 Å². The Labute approximate surface area is 166 Å². The minimum absolute atomic E-state index is 0.127. The van der Waals surface area contributed by atoms with Crippen molar-refractivity contribution in [3.8, 4) is 17.2 Å². The molecule has 3 rings (SSSR count). The maximum atomic E-state index is 13.1. The smallest absolute Gasteiger partial charge is 0.293 e. The van der Waals surface area contributed by atoms with E-state index in [-0.39, 0.29) is 18.8 Å². The van der Waals surface area contributed by atoms with Crippen LogP contribution in [0.2, 0.25) is 0 Å². The van der Waals surface area contributed by atoms with Gasteiger partial charge < -0.3 is 24.5 Å². The average molecular weight is 396 g/mol. The van der Waals surface area contributed by atoms with E-state index in [1.807, 2.05) is 6.07 Å². The van der Waals surface area contributed by atoms with Gasteiger partial charge in [0.05, 0.1) is 27.1 Å². The fourth-order valence-electron chi connectivity index (χ4n) is 2.89. The highest BCUT2D eigenvalue weighted by Gasteiger charge is 2.24. The molecule has 0 aliphatic heterocycles. The van der Waals surface area contributed by atoms with Crippen LogP contribution in [0.5, 0.6) is 17.2 Å². The van der Waals surface area contributed by atoms with Crippen molar-refractivity contribution in [3.05, 3.63) is 76.2 Å². The number of hydrogen-bond donors (Lipinski definition) is 2. The number of para-hydroxylation sites is 1. The zero-order valence-corrected chi connectivity index (χ0v) is 16.0. The summed E-state index contributed by atoms with van der Waals surface area (Å²) in [4.78, 5) is 36.4. The van der Waals surface area contributed by atoms with Crippen molar-refractivity contribution >= 4 is 5.91 Å². The third-order valence-electron chi connectivity index (χ3n) is 4.26. The number of carbonyl (C=O) groups excluding carboxylic acids is 1. The Kier molecular flexibility index (Phi) is 6.08. The van der Waals surface area contributed by atoms with Crippen molar-refractivity contribution in [2.24, 2.45) is 0 Å². The van der Waals surface area contributed by atoms with E-state index in [1.165, 1.54) is 19.1 Å². The molecule has 1 aromatic carbocycles. The molecule has 1 amide bonds. The minimum atomic E-state index is -0.788. The molecule has 0 bridgehead atoms. The molecule has 150 valence electrons. The summed E-state index contributed by atoms with van der Waals surface area (Å²) in [6.07, 6.45) is 4.34. The molecule has 2 aromatic heterocycles. The van der Waals surface area contributed by atoms with Gasteiger partial charge in [0, 0.05) is 24.5 Å². The zero-order valence-electron chi connectivity index (χ0n) is 16.0. The lowest BCUT2D eigenvalue weighted by molar-refractivity contribution is 0.0718. The fraction of sp³-hybridized carbons (Fsp3) is 0.200. The maximum absolute atomic E-state index is 13.1. The van der Waals surface area contributed by atoms with E-state index < -0.39 is 17.2 Å². The number of pyridine rings is 1. The minimum Gasteiger partial charge on any atom is -0.501 e. The Bertz CT molecular complexity index is 1050. The number of aromatic nitrogens is 3. The van der Waals surface area contributed by atoms with Gasteiger partial charge in [-0.1, -0.05) is 18.2 Å². The zero-order chi connectivity index (χ0) is 20.8. The van der Waals surface area contributed by atoms with Gasteiger partial charge in [-0.3, -0.25) is 14.6 Å². The highest BCUT2D eigenvalue weighted by atomic mass is 16.5. The van der Waals surface area contributed by atoms with Crippen molar-refractivity contribution in [2.75, 3.05) is 14.2 Å². The number of benzene rings is 1. The number of carbonyl (C=O) groups is 1. The topological polar surface area (TPSA) is 118 Å². The second-order valence-corrected chi connectivity index (χ2v) is 6.10. The van der Waals surface area contributed by atoms with Gasteiger partial charge in [0.1, 0.15) is 0 Å². The molecule has 0 aliphatic rings. The molecule has 0 radical (unpaired) electrons. The highest BCUT2D eigenvalue weighted by molar-refractivity contribution is 5.94. The van der Waals surface area contributed by atoms with E-state index in [9.17, 15) is 14.7 Å². The van der Waals surface area contributed by atoms with Crippen molar-refractivity contribution in [1.82, 2.24) is 19.9 Å². The molecule has 2 heterocycles. The summed E-state index contributed by atoms with van der Waals surface area (Å²) in [5, 5.41) is 10.0. The van der Waals surface area contributed by atoms with Crippen molar-refractivity contribution in [1.29, 1.82) is 0 Å². The number of ether oxygens (including phenoxy) is 2. The summed E-state index contributed by atoms with van der Waals surface area (Å²) in [5.41, 5.74) is 0.337. The summed E-state index contributed by atoms with van der Waals surface area (Å²) in [5.74, 6) is -0.327. The summed E-state index contributed by atoms with van der Waals surface area (Å²) >= 11 is 0. The van der Waals surface area contributed by atoms with Crippen LogP contribution >= 0.6 is 0 Å². The predicted molar refractivity (Wildman–Crippen MR) is 104 cm³/mol. The molecule has 0 fully saturated rings. The molecular weight excluding hydrogens is 376 g/mol. The van der Waals surface area contributed by atoms with Gasteiger partial charge in [0.25, 0.3) is 11.5 Å². The Morgan fingerprint density at radius 1 is 1.17 bits per heavy atom. The number of nitrogens with zero attached hydrogens (tertiary/aromatic N) is 3. The van der Waals surface area contributed by atoms with Crippen LogP contribution < -0.4 is 15.0 Å². The average Bonchev–Trinajstić information content (AvgIpc) is 2.75. The van der Waals surface area contributed by atoms with Crippen LogP contribution in [-0.2, 0) is 13.1 Å². The first kappa shape index (κ1) is 19.9. The van der Waals surface area contributed by atoms with Crippen molar-refractivity contribution in [2.45, 2.75) is 13.1 Å². The molecule has 3 aromatic rings. The predicted octanol–water partition coefficient (Wildman–Crippen LogP) is 1.73. The van der Waals surface area contributed by atoms with E-state index in [4.69, 9.17) is 9.47 Å². The number of rotatable bonds is 7. The summed E-state index contributed by atoms with van der Waals surface area (Å²) in [6, 6.07) is 8.91. The second-order valence-electron chi connectivity index (χ2n) is 6.10. The highest BCUT2D eigenvalue weighted by Crippen LogP contribution is 2.32. The number of nitrogens with one attached hydrogen (secondary N) is 1. The second kappa shape index (κ2) is 8.87. The SMILES string of the molecule is COc1cccc(CN(Cc2cccnc2)C(=O)c2nc[nH]c(=O)c2O)c1OC. The summed E-state index contributed by atoms with van der Waals surface area (Å²) < 4.78 is 10.8. The number of H-pyrrole nitrogens is 1. The van der Waals surface area contributed by atoms with E-state index >= 15 is 0 Å². The molecule has 2 N–H and O–H groups in total.